The topological polar surface area (TPSA) is 81.6 Å². The van der Waals surface area contributed by atoms with E-state index in [0.29, 0.717) is 44.4 Å². The number of aliphatic hydroxyl groups excluding tert-OH is 1. The molecule has 2 aliphatic rings. The molecule has 1 aliphatic carbocycles. The minimum absolute atomic E-state index is 0.0358. The zero-order chi connectivity index (χ0) is 26.2. The molecular weight excluding hydrogens is 478 g/mol. The maximum absolute atomic E-state index is 14.3. The normalized spacial score (nSPS) is 21.1. The fourth-order valence-corrected chi connectivity index (χ4v) is 4.99. The monoisotopic (exact) mass is 509 g/mol. The molecule has 36 heavy (non-hydrogen) atoms. The lowest BCUT2D eigenvalue weighted by Gasteiger charge is -2.38. The number of hydrogen-bond acceptors (Lipinski definition) is 6. The highest BCUT2D eigenvalue weighted by molar-refractivity contribution is 5.84. The summed E-state index contributed by atoms with van der Waals surface area (Å²) < 4.78 is 53.4. The molecule has 2 heterocycles. The Kier molecular flexibility index (Phi) is 7.51. The van der Waals surface area contributed by atoms with Crippen LogP contribution in [0.15, 0.2) is 24.5 Å². The summed E-state index contributed by atoms with van der Waals surface area (Å²) in [6.07, 6.45) is -3.38. The molecular formula is C25H31F4N5O2. The Morgan fingerprint density at radius 1 is 1.19 bits per heavy atom. The highest BCUT2D eigenvalue weighted by Crippen LogP contribution is 2.43. The lowest BCUT2D eigenvalue weighted by Crippen LogP contribution is -2.51. The average Bonchev–Trinajstić information content (AvgIpc) is 3.12. The molecule has 1 aromatic heterocycles. The van der Waals surface area contributed by atoms with Crippen LogP contribution in [0, 0.1) is 5.82 Å². The second-order valence-corrected chi connectivity index (χ2v) is 9.81. The lowest BCUT2D eigenvalue weighted by molar-refractivity contribution is -0.140. The van der Waals surface area contributed by atoms with E-state index in [-0.39, 0.29) is 30.0 Å². The summed E-state index contributed by atoms with van der Waals surface area (Å²) in [6.45, 7) is 7.77. The first-order valence-corrected chi connectivity index (χ1v) is 12.1. The number of benzene rings is 1. The maximum atomic E-state index is 14.3. The summed E-state index contributed by atoms with van der Waals surface area (Å²) >= 11 is 0. The molecule has 1 aromatic carbocycles. The quantitative estimate of drug-likeness (QED) is 0.580. The van der Waals surface area contributed by atoms with Crippen LogP contribution in [-0.2, 0) is 11.0 Å². The first-order valence-electron chi connectivity index (χ1n) is 12.1. The van der Waals surface area contributed by atoms with Crippen molar-refractivity contribution in [3.05, 3.63) is 52.7 Å². The Hall–Kier alpha value is -2.79. The fraction of sp³-hybridized carbons (Fsp3) is 0.560. The van der Waals surface area contributed by atoms with E-state index in [9.17, 15) is 27.5 Å². The maximum Gasteiger partial charge on any atom is 0.419 e. The van der Waals surface area contributed by atoms with Crippen LogP contribution >= 0.6 is 0 Å². The summed E-state index contributed by atoms with van der Waals surface area (Å²) in [6, 6.07) is 2.74. The number of aliphatic hydroxyl groups is 1. The van der Waals surface area contributed by atoms with Crippen LogP contribution in [0.1, 0.15) is 67.5 Å². The van der Waals surface area contributed by atoms with Crippen LogP contribution in [0.2, 0.25) is 0 Å². The number of aromatic nitrogens is 2. The van der Waals surface area contributed by atoms with E-state index in [1.807, 2.05) is 20.8 Å². The third kappa shape index (κ3) is 5.31. The van der Waals surface area contributed by atoms with E-state index in [4.69, 9.17) is 0 Å². The standard InChI is InChI=1S/C25H31F4N5O2/c1-14(2)30-12-17(16-4-5-18(19(26)11-16)25(27,28)29)24(36)34-8-6-33(7-9-34)23-21-15(3)10-20(35)22(21)31-13-32-23/h4-5,11,13-15,17,20,30,35H,6-10,12H2,1-3H3/t15-,17?,20?/m1/s1. The van der Waals surface area contributed by atoms with Gasteiger partial charge >= 0.3 is 6.18 Å². The van der Waals surface area contributed by atoms with Gasteiger partial charge in [0.05, 0.1) is 23.3 Å². The molecule has 0 saturated carbocycles. The second-order valence-electron chi connectivity index (χ2n) is 9.81. The number of carbonyl (C=O) groups excluding carboxylic acids is 1. The van der Waals surface area contributed by atoms with Crippen LogP contribution in [-0.4, -0.2) is 64.6 Å². The Morgan fingerprint density at radius 2 is 1.89 bits per heavy atom. The number of alkyl halides is 3. The van der Waals surface area contributed by atoms with Gasteiger partial charge in [-0.2, -0.15) is 13.2 Å². The molecule has 2 N–H and O–H groups in total. The molecule has 1 aliphatic heterocycles. The van der Waals surface area contributed by atoms with E-state index >= 15 is 0 Å². The van der Waals surface area contributed by atoms with E-state index < -0.39 is 29.6 Å². The van der Waals surface area contributed by atoms with Crippen molar-refractivity contribution < 1.29 is 27.5 Å². The van der Waals surface area contributed by atoms with Gasteiger partial charge in [0.25, 0.3) is 0 Å². The number of rotatable bonds is 6. The third-order valence-corrected chi connectivity index (χ3v) is 6.90. The Balaban J connectivity index is 1.51. The van der Waals surface area contributed by atoms with Gasteiger partial charge in [-0.25, -0.2) is 14.4 Å². The molecule has 0 radical (unpaired) electrons. The van der Waals surface area contributed by atoms with Crippen molar-refractivity contribution in [1.29, 1.82) is 0 Å². The Labute approximate surface area is 207 Å². The number of carbonyl (C=O) groups is 1. The molecule has 196 valence electrons. The third-order valence-electron chi connectivity index (χ3n) is 6.90. The summed E-state index contributed by atoms with van der Waals surface area (Å²) in [4.78, 5) is 25.9. The number of nitrogens with one attached hydrogen (secondary N) is 1. The first kappa shape index (κ1) is 26.3. The molecule has 7 nitrogen and oxygen atoms in total. The van der Waals surface area contributed by atoms with Crippen molar-refractivity contribution in [1.82, 2.24) is 20.2 Å². The molecule has 11 heteroatoms. The van der Waals surface area contributed by atoms with Crippen molar-refractivity contribution in [3.63, 3.8) is 0 Å². The molecule has 1 fully saturated rings. The number of halogens is 4. The van der Waals surface area contributed by atoms with Crippen LogP contribution in [0.5, 0.6) is 0 Å². The minimum Gasteiger partial charge on any atom is -0.387 e. The fourth-order valence-electron chi connectivity index (χ4n) is 4.99. The van der Waals surface area contributed by atoms with Crippen molar-refractivity contribution in [2.75, 3.05) is 37.6 Å². The average molecular weight is 510 g/mol. The molecule has 0 spiro atoms. The lowest BCUT2D eigenvalue weighted by atomic mass is 9.95. The number of piperazine rings is 1. The van der Waals surface area contributed by atoms with Gasteiger partial charge in [0.2, 0.25) is 5.91 Å². The van der Waals surface area contributed by atoms with Crippen molar-refractivity contribution >= 4 is 11.7 Å². The Bertz CT molecular complexity index is 1100. The van der Waals surface area contributed by atoms with Crippen LogP contribution in [0.4, 0.5) is 23.4 Å². The number of nitrogens with zero attached hydrogens (tertiary/aromatic N) is 4. The van der Waals surface area contributed by atoms with Gasteiger partial charge in [-0.3, -0.25) is 4.79 Å². The van der Waals surface area contributed by atoms with Gasteiger partial charge < -0.3 is 20.2 Å². The van der Waals surface area contributed by atoms with E-state index in [1.54, 1.807) is 4.90 Å². The molecule has 1 saturated heterocycles. The van der Waals surface area contributed by atoms with E-state index in [2.05, 4.69) is 20.2 Å². The van der Waals surface area contributed by atoms with Crippen LogP contribution in [0.25, 0.3) is 0 Å². The molecule has 2 aromatic rings. The molecule has 3 atom stereocenters. The van der Waals surface area contributed by atoms with Gasteiger partial charge in [0.1, 0.15) is 18.0 Å². The Morgan fingerprint density at radius 3 is 2.50 bits per heavy atom. The van der Waals surface area contributed by atoms with Crippen molar-refractivity contribution in [2.45, 2.75) is 57.3 Å². The van der Waals surface area contributed by atoms with Gasteiger partial charge in [-0.05, 0) is 30.0 Å². The molecule has 0 bridgehead atoms. The first-order chi connectivity index (χ1) is 17.0. The predicted molar refractivity (Wildman–Crippen MR) is 126 cm³/mol. The minimum atomic E-state index is -4.80. The molecule has 1 amide bonds. The summed E-state index contributed by atoms with van der Waals surface area (Å²) in [5.74, 6) is -1.60. The van der Waals surface area contributed by atoms with Gasteiger partial charge in [-0.1, -0.05) is 26.8 Å². The summed E-state index contributed by atoms with van der Waals surface area (Å²) in [5, 5.41) is 13.4. The van der Waals surface area contributed by atoms with Crippen LogP contribution in [0.3, 0.4) is 0 Å². The smallest absolute Gasteiger partial charge is 0.387 e. The van der Waals surface area contributed by atoms with E-state index in [0.717, 1.165) is 17.4 Å². The summed E-state index contributed by atoms with van der Waals surface area (Å²) in [5.41, 5.74) is 0.441. The van der Waals surface area contributed by atoms with Crippen molar-refractivity contribution in [3.8, 4) is 0 Å². The molecule has 4 rings (SSSR count). The number of anilines is 1. The highest BCUT2D eigenvalue weighted by Gasteiger charge is 2.37. The zero-order valence-electron chi connectivity index (χ0n) is 20.5. The number of amides is 1. The number of fused-ring (bicyclic) bond motifs is 1. The summed E-state index contributed by atoms with van der Waals surface area (Å²) in [7, 11) is 0. The largest absolute Gasteiger partial charge is 0.419 e. The number of hydrogen-bond donors (Lipinski definition) is 2. The highest BCUT2D eigenvalue weighted by atomic mass is 19.4. The van der Waals surface area contributed by atoms with Gasteiger partial charge in [0.15, 0.2) is 0 Å². The van der Waals surface area contributed by atoms with Crippen molar-refractivity contribution in [2.24, 2.45) is 0 Å². The van der Waals surface area contributed by atoms with E-state index in [1.165, 1.54) is 12.4 Å². The SMILES string of the molecule is CC(C)NCC(C(=O)N1CCN(c2ncnc3c2[C@H](C)CC3O)CC1)c1ccc(C(F)(F)F)c(F)c1. The van der Waals surface area contributed by atoms with Gasteiger partial charge in [0, 0.05) is 44.3 Å². The molecule has 2 unspecified atom stereocenters. The second kappa shape index (κ2) is 10.3. The predicted octanol–water partition coefficient (Wildman–Crippen LogP) is 3.61. The van der Waals surface area contributed by atoms with Crippen LogP contribution < -0.4 is 10.2 Å². The zero-order valence-corrected chi connectivity index (χ0v) is 20.5. The van der Waals surface area contributed by atoms with Gasteiger partial charge in [-0.15, -0.1) is 0 Å².